The molecular formula is C15H21NO4. The van der Waals surface area contributed by atoms with Gasteiger partial charge >= 0.3 is 0 Å². The highest BCUT2D eigenvalue weighted by molar-refractivity contribution is 5.98. The van der Waals surface area contributed by atoms with E-state index >= 15 is 0 Å². The van der Waals surface area contributed by atoms with Crippen molar-refractivity contribution >= 4 is 5.91 Å². The molecular weight excluding hydrogens is 258 g/mol. The summed E-state index contributed by atoms with van der Waals surface area (Å²) in [5.41, 5.74) is -0.262. The maximum absolute atomic E-state index is 12.4. The Morgan fingerprint density at radius 3 is 2.60 bits per heavy atom. The van der Waals surface area contributed by atoms with Gasteiger partial charge in [0.05, 0.1) is 38.5 Å². The van der Waals surface area contributed by atoms with Crippen molar-refractivity contribution in [2.24, 2.45) is 0 Å². The van der Waals surface area contributed by atoms with Gasteiger partial charge in [0, 0.05) is 0 Å². The highest BCUT2D eigenvalue weighted by atomic mass is 16.5. The zero-order chi connectivity index (χ0) is 14.8. The molecule has 110 valence electrons. The fourth-order valence-corrected chi connectivity index (χ4v) is 2.58. The van der Waals surface area contributed by atoms with Crippen molar-refractivity contribution in [1.29, 1.82) is 0 Å². The minimum Gasteiger partial charge on any atom is -0.497 e. The van der Waals surface area contributed by atoms with Crippen LogP contribution in [0.25, 0.3) is 0 Å². The summed E-state index contributed by atoms with van der Waals surface area (Å²) in [5.74, 6) is 0.988. The molecule has 1 N–H and O–H groups in total. The summed E-state index contributed by atoms with van der Waals surface area (Å²) in [6.45, 7) is 2.77. The molecule has 1 aromatic carbocycles. The van der Waals surface area contributed by atoms with Gasteiger partial charge in [0.25, 0.3) is 5.91 Å². The number of rotatable bonds is 5. The Morgan fingerprint density at radius 1 is 1.35 bits per heavy atom. The third kappa shape index (κ3) is 2.72. The molecule has 1 aliphatic rings. The Labute approximate surface area is 119 Å². The molecule has 0 aliphatic carbocycles. The van der Waals surface area contributed by atoms with E-state index < -0.39 is 5.60 Å². The average molecular weight is 279 g/mol. The van der Waals surface area contributed by atoms with Crippen LogP contribution in [0, 0.1) is 0 Å². The Morgan fingerprint density at radius 2 is 2.05 bits per heavy atom. The fraction of sp³-hybridized carbons (Fsp3) is 0.533. The van der Waals surface area contributed by atoms with Crippen molar-refractivity contribution < 1.29 is 19.4 Å². The lowest BCUT2D eigenvalue weighted by atomic mass is 9.88. The van der Waals surface area contributed by atoms with Crippen LogP contribution in [0.15, 0.2) is 18.2 Å². The van der Waals surface area contributed by atoms with E-state index in [1.165, 1.54) is 7.11 Å². The molecule has 20 heavy (non-hydrogen) atoms. The van der Waals surface area contributed by atoms with Crippen LogP contribution in [0.1, 0.15) is 30.1 Å². The van der Waals surface area contributed by atoms with E-state index in [0.717, 1.165) is 6.42 Å². The molecule has 1 heterocycles. The first-order chi connectivity index (χ1) is 9.53. The molecule has 5 nitrogen and oxygen atoms in total. The monoisotopic (exact) mass is 279 g/mol. The van der Waals surface area contributed by atoms with E-state index in [1.807, 2.05) is 6.92 Å². The topological polar surface area (TPSA) is 59.0 Å². The number of carbonyl (C=O) groups excluding carboxylic acids is 1. The van der Waals surface area contributed by atoms with Crippen LogP contribution in [0.5, 0.6) is 11.5 Å². The lowest BCUT2D eigenvalue weighted by molar-refractivity contribution is -0.0860. The molecule has 1 aromatic rings. The number of amides is 1. The molecule has 0 saturated carbocycles. The van der Waals surface area contributed by atoms with Gasteiger partial charge in [-0.25, -0.2) is 0 Å². The Hall–Kier alpha value is -1.75. The van der Waals surface area contributed by atoms with Gasteiger partial charge < -0.3 is 19.5 Å². The molecule has 1 fully saturated rings. The van der Waals surface area contributed by atoms with Crippen molar-refractivity contribution in [2.75, 3.05) is 27.3 Å². The van der Waals surface area contributed by atoms with Gasteiger partial charge in [-0.1, -0.05) is 13.3 Å². The van der Waals surface area contributed by atoms with Gasteiger partial charge in [-0.15, -0.1) is 0 Å². The molecule has 5 heteroatoms. The van der Waals surface area contributed by atoms with Crippen LogP contribution in [0.3, 0.4) is 0 Å². The quantitative estimate of drug-likeness (QED) is 0.891. The highest BCUT2D eigenvalue weighted by Crippen LogP contribution is 2.31. The number of aliphatic hydroxyl groups is 1. The van der Waals surface area contributed by atoms with Crippen LogP contribution in [-0.2, 0) is 0 Å². The largest absolute Gasteiger partial charge is 0.497 e. The van der Waals surface area contributed by atoms with Crippen LogP contribution >= 0.6 is 0 Å². The molecule has 1 amide bonds. The molecule has 1 aliphatic heterocycles. The van der Waals surface area contributed by atoms with E-state index in [4.69, 9.17) is 9.47 Å². The van der Waals surface area contributed by atoms with Gasteiger partial charge in [0.2, 0.25) is 0 Å². The van der Waals surface area contributed by atoms with E-state index in [2.05, 4.69) is 0 Å². The Bertz CT molecular complexity index is 495. The van der Waals surface area contributed by atoms with E-state index in [-0.39, 0.29) is 5.91 Å². The summed E-state index contributed by atoms with van der Waals surface area (Å²) in [6, 6.07) is 5.13. The van der Waals surface area contributed by atoms with E-state index in [0.29, 0.717) is 36.6 Å². The molecule has 0 atom stereocenters. The molecule has 2 rings (SSSR count). The van der Waals surface area contributed by atoms with Crippen molar-refractivity contribution in [3.63, 3.8) is 0 Å². The van der Waals surface area contributed by atoms with Crippen molar-refractivity contribution in [3.8, 4) is 11.5 Å². The third-order valence-corrected chi connectivity index (χ3v) is 3.61. The molecule has 0 aromatic heterocycles. The number of nitrogens with zero attached hydrogens (tertiary/aromatic N) is 1. The summed E-state index contributed by atoms with van der Waals surface area (Å²) >= 11 is 0. The molecule has 0 bridgehead atoms. The van der Waals surface area contributed by atoms with Crippen LogP contribution < -0.4 is 9.47 Å². The van der Waals surface area contributed by atoms with E-state index in [9.17, 15) is 9.90 Å². The van der Waals surface area contributed by atoms with Gasteiger partial charge in [-0.05, 0) is 24.6 Å². The second-order valence-electron chi connectivity index (χ2n) is 5.20. The van der Waals surface area contributed by atoms with Gasteiger partial charge in [0.15, 0.2) is 0 Å². The van der Waals surface area contributed by atoms with Crippen LogP contribution in [-0.4, -0.2) is 48.8 Å². The predicted molar refractivity (Wildman–Crippen MR) is 75.3 cm³/mol. The molecule has 0 spiro atoms. The first-order valence-corrected chi connectivity index (χ1v) is 6.76. The van der Waals surface area contributed by atoms with Crippen molar-refractivity contribution in [2.45, 2.75) is 25.4 Å². The smallest absolute Gasteiger partial charge is 0.257 e. The number of likely N-dealkylation sites (tertiary alicyclic amines) is 1. The lowest BCUT2D eigenvalue weighted by Gasteiger charge is -2.46. The first kappa shape index (κ1) is 14.7. The van der Waals surface area contributed by atoms with E-state index in [1.54, 1.807) is 30.2 Å². The Balaban J connectivity index is 2.14. The highest BCUT2D eigenvalue weighted by Gasteiger charge is 2.43. The number of methoxy groups -OCH3 is 2. The van der Waals surface area contributed by atoms with Crippen molar-refractivity contribution in [1.82, 2.24) is 4.90 Å². The number of hydrogen-bond donors (Lipinski definition) is 1. The van der Waals surface area contributed by atoms with Gasteiger partial charge in [0.1, 0.15) is 11.5 Å². The minimum absolute atomic E-state index is 0.137. The van der Waals surface area contributed by atoms with Gasteiger partial charge in [-0.3, -0.25) is 4.79 Å². The normalized spacial score (nSPS) is 16.5. The van der Waals surface area contributed by atoms with Crippen LogP contribution in [0.2, 0.25) is 0 Å². The number of benzene rings is 1. The zero-order valence-corrected chi connectivity index (χ0v) is 12.2. The zero-order valence-electron chi connectivity index (χ0n) is 12.2. The molecule has 0 radical (unpaired) electrons. The van der Waals surface area contributed by atoms with Crippen LogP contribution in [0.4, 0.5) is 0 Å². The fourth-order valence-electron chi connectivity index (χ4n) is 2.58. The summed E-state index contributed by atoms with van der Waals surface area (Å²) in [6.07, 6.45) is 1.62. The number of ether oxygens (including phenoxy) is 2. The SMILES string of the molecule is CCCC1(O)CN(C(=O)c2cc(OC)ccc2OC)C1. The maximum Gasteiger partial charge on any atom is 0.257 e. The first-order valence-electron chi connectivity index (χ1n) is 6.76. The molecule has 1 saturated heterocycles. The number of carbonyl (C=O) groups is 1. The summed E-state index contributed by atoms with van der Waals surface area (Å²) in [7, 11) is 3.09. The standard InChI is InChI=1S/C15H21NO4/c1-4-7-15(18)9-16(10-15)14(17)12-8-11(19-2)5-6-13(12)20-3/h5-6,8,18H,4,7,9-10H2,1-3H3. The lowest BCUT2D eigenvalue weighted by Crippen LogP contribution is -2.63. The second-order valence-corrected chi connectivity index (χ2v) is 5.20. The predicted octanol–water partition coefficient (Wildman–Crippen LogP) is 1.69. The second kappa shape index (κ2) is 5.71. The third-order valence-electron chi connectivity index (χ3n) is 3.61. The summed E-state index contributed by atoms with van der Waals surface area (Å²) in [4.78, 5) is 14.1. The number of β-amino-alcohol motifs (C(OH)–C–C–N with tert-alkyl or cyclic N) is 1. The summed E-state index contributed by atoms with van der Waals surface area (Å²) < 4.78 is 10.4. The molecule has 0 unspecified atom stereocenters. The Kier molecular flexibility index (Phi) is 4.18. The van der Waals surface area contributed by atoms with Gasteiger partial charge in [-0.2, -0.15) is 0 Å². The summed E-state index contributed by atoms with van der Waals surface area (Å²) in [5, 5.41) is 10.2. The number of hydrogen-bond acceptors (Lipinski definition) is 4. The average Bonchev–Trinajstić information content (AvgIpc) is 2.43. The minimum atomic E-state index is -0.726. The van der Waals surface area contributed by atoms with Crippen molar-refractivity contribution in [3.05, 3.63) is 23.8 Å². The maximum atomic E-state index is 12.4.